The van der Waals surface area contributed by atoms with Crippen molar-refractivity contribution in [1.29, 1.82) is 0 Å². The van der Waals surface area contributed by atoms with Crippen LogP contribution in [0.15, 0.2) is 72.9 Å². The van der Waals surface area contributed by atoms with Crippen LogP contribution in [0.1, 0.15) is 303 Å². The van der Waals surface area contributed by atoms with Gasteiger partial charge in [-0.3, -0.25) is 14.4 Å². The number of rotatable bonds is 55. The molecule has 0 aromatic rings. The lowest BCUT2D eigenvalue weighted by atomic mass is 10.0. The second kappa shape index (κ2) is 59.4. The number of hydrogen-bond acceptors (Lipinski definition) is 6. The van der Waals surface area contributed by atoms with Gasteiger partial charge in [-0.05, 0) is 89.9 Å². The molecule has 0 aliphatic rings. The van der Waals surface area contributed by atoms with Crippen LogP contribution in [0.3, 0.4) is 0 Å². The minimum absolute atomic E-state index is 0.0867. The van der Waals surface area contributed by atoms with E-state index in [0.29, 0.717) is 19.3 Å². The van der Waals surface area contributed by atoms with Crippen molar-refractivity contribution in [3.05, 3.63) is 72.9 Å². The summed E-state index contributed by atoms with van der Waals surface area (Å²) in [5, 5.41) is 0. The van der Waals surface area contributed by atoms with E-state index in [2.05, 4.69) is 93.7 Å². The second-order valence-electron chi connectivity index (χ2n) is 20.2. The van der Waals surface area contributed by atoms with Gasteiger partial charge in [0, 0.05) is 19.3 Å². The normalized spacial score (nSPS) is 12.5. The van der Waals surface area contributed by atoms with Crippen LogP contribution in [-0.2, 0) is 28.6 Å². The van der Waals surface area contributed by atoms with Gasteiger partial charge in [0.25, 0.3) is 0 Å². The predicted octanol–water partition coefficient (Wildman–Crippen LogP) is 20.5. The molecule has 0 aromatic carbocycles. The first-order valence-electron chi connectivity index (χ1n) is 30.4. The topological polar surface area (TPSA) is 78.9 Å². The van der Waals surface area contributed by atoms with E-state index in [-0.39, 0.29) is 31.1 Å². The fraction of sp³-hybridized carbons (Fsp3) is 0.769. The Hall–Kier alpha value is -3.15. The highest BCUT2D eigenvalue weighted by Gasteiger charge is 2.19. The Bertz CT molecular complexity index is 1320. The molecule has 71 heavy (non-hydrogen) atoms. The first kappa shape index (κ1) is 67.8. The average Bonchev–Trinajstić information content (AvgIpc) is 3.37. The molecule has 0 saturated heterocycles. The van der Waals surface area contributed by atoms with Crippen LogP contribution >= 0.6 is 0 Å². The average molecular weight is 992 g/mol. The molecule has 6 heteroatoms. The summed E-state index contributed by atoms with van der Waals surface area (Å²) in [5.41, 5.74) is 0. The maximum atomic E-state index is 12.9. The van der Waals surface area contributed by atoms with E-state index in [4.69, 9.17) is 14.2 Å². The van der Waals surface area contributed by atoms with Crippen LogP contribution in [0.25, 0.3) is 0 Å². The van der Waals surface area contributed by atoms with Crippen molar-refractivity contribution in [2.45, 2.75) is 309 Å². The Morgan fingerprint density at radius 3 is 0.887 bits per heavy atom. The molecule has 0 N–H and O–H groups in total. The number of hydrogen-bond donors (Lipinski definition) is 0. The maximum absolute atomic E-state index is 12.9. The van der Waals surface area contributed by atoms with Crippen molar-refractivity contribution in [3.63, 3.8) is 0 Å². The van der Waals surface area contributed by atoms with Crippen molar-refractivity contribution in [2.75, 3.05) is 13.2 Å². The molecule has 0 amide bonds. The maximum Gasteiger partial charge on any atom is 0.306 e. The second-order valence-corrected chi connectivity index (χ2v) is 20.2. The van der Waals surface area contributed by atoms with E-state index in [1.165, 1.54) is 141 Å². The molecule has 0 saturated carbocycles. The quantitative estimate of drug-likeness (QED) is 0.0261. The van der Waals surface area contributed by atoms with Gasteiger partial charge in [0.05, 0.1) is 0 Å². The number of ether oxygens (including phenoxy) is 3. The Morgan fingerprint density at radius 1 is 0.296 bits per heavy atom. The molecule has 0 aromatic heterocycles. The first-order chi connectivity index (χ1) is 35.0. The lowest BCUT2D eigenvalue weighted by Gasteiger charge is -2.18. The SMILES string of the molecule is CC/C=C\C/C=C\C/C=C\C/C=C\CCCCCCC(=O)OC[C@H](COC(=O)CCCCCCCCCCCCCCCCCCCCCCC)OC(=O)CCCCCCC/C=C\C/C=C\CCCCC. The number of unbranched alkanes of at least 4 members (excludes halogenated alkanes) is 32. The largest absolute Gasteiger partial charge is 0.462 e. The van der Waals surface area contributed by atoms with Crippen molar-refractivity contribution < 1.29 is 28.6 Å². The Balaban J connectivity index is 4.37. The van der Waals surface area contributed by atoms with Crippen molar-refractivity contribution >= 4 is 17.9 Å². The number of esters is 3. The van der Waals surface area contributed by atoms with Gasteiger partial charge in [0.15, 0.2) is 6.10 Å². The Labute approximate surface area is 440 Å². The fourth-order valence-electron chi connectivity index (χ4n) is 8.64. The number of allylic oxidation sites excluding steroid dienone is 12. The molecular weight excluding hydrogens is 877 g/mol. The van der Waals surface area contributed by atoms with E-state index in [1.54, 1.807) is 0 Å². The van der Waals surface area contributed by atoms with E-state index in [9.17, 15) is 14.4 Å². The van der Waals surface area contributed by atoms with Crippen LogP contribution in [0.5, 0.6) is 0 Å². The Morgan fingerprint density at radius 2 is 0.549 bits per heavy atom. The smallest absolute Gasteiger partial charge is 0.306 e. The molecule has 0 heterocycles. The monoisotopic (exact) mass is 991 g/mol. The van der Waals surface area contributed by atoms with E-state index in [0.717, 1.165) is 122 Å². The van der Waals surface area contributed by atoms with Crippen LogP contribution < -0.4 is 0 Å². The zero-order valence-corrected chi connectivity index (χ0v) is 47.0. The van der Waals surface area contributed by atoms with Gasteiger partial charge in [0.1, 0.15) is 13.2 Å². The summed E-state index contributed by atoms with van der Waals surface area (Å²) in [6, 6.07) is 0. The molecule has 0 spiro atoms. The van der Waals surface area contributed by atoms with Gasteiger partial charge in [-0.25, -0.2) is 0 Å². The number of carbonyl (C=O) groups excluding carboxylic acids is 3. The molecule has 0 aliphatic heterocycles. The highest BCUT2D eigenvalue weighted by molar-refractivity contribution is 5.71. The van der Waals surface area contributed by atoms with Crippen molar-refractivity contribution in [1.82, 2.24) is 0 Å². The summed E-state index contributed by atoms with van der Waals surface area (Å²) in [4.78, 5) is 38.2. The molecule has 1 atom stereocenters. The summed E-state index contributed by atoms with van der Waals surface area (Å²) < 4.78 is 16.9. The van der Waals surface area contributed by atoms with Crippen molar-refractivity contribution in [2.24, 2.45) is 0 Å². The molecule has 410 valence electrons. The molecule has 0 rings (SSSR count). The van der Waals surface area contributed by atoms with E-state index in [1.807, 2.05) is 0 Å². The predicted molar refractivity (Wildman–Crippen MR) is 307 cm³/mol. The van der Waals surface area contributed by atoms with Gasteiger partial charge in [-0.15, -0.1) is 0 Å². The molecule has 0 radical (unpaired) electrons. The third-order valence-electron chi connectivity index (χ3n) is 13.2. The van der Waals surface area contributed by atoms with E-state index < -0.39 is 6.10 Å². The number of carbonyl (C=O) groups is 3. The third-order valence-corrected chi connectivity index (χ3v) is 13.2. The lowest BCUT2D eigenvalue weighted by molar-refractivity contribution is -0.167. The zero-order chi connectivity index (χ0) is 51.4. The van der Waals surface area contributed by atoms with Crippen LogP contribution in [0.4, 0.5) is 0 Å². The highest BCUT2D eigenvalue weighted by Crippen LogP contribution is 2.17. The summed E-state index contributed by atoms with van der Waals surface area (Å²) in [6.07, 6.45) is 76.1. The minimum Gasteiger partial charge on any atom is -0.462 e. The first-order valence-corrected chi connectivity index (χ1v) is 30.4. The molecular formula is C65H114O6. The lowest BCUT2D eigenvalue weighted by Crippen LogP contribution is -2.30. The standard InChI is InChI=1S/C65H114O6/c1-4-7-10-13-16-19-22-25-28-30-31-32-33-35-38-40-43-46-49-52-55-58-64(67)70-61-62(71-65(68)59-56-53-50-47-44-41-36-27-24-21-18-15-12-9-6-3)60-69-63(66)57-54-51-48-45-42-39-37-34-29-26-23-20-17-14-11-8-5-2/h8,11,17-18,20-21,26-27,29,36-37,39,62H,4-7,9-10,12-16,19,22-25,28,30-35,38,40-61H2,1-3H3/b11-8-,20-17-,21-18-,29-26-,36-27-,39-37-/t62-/m1/s1. The van der Waals surface area contributed by atoms with Gasteiger partial charge in [0.2, 0.25) is 0 Å². The van der Waals surface area contributed by atoms with Crippen molar-refractivity contribution in [3.8, 4) is 0 Å². The summed E-state index contributed by atoms with van der Waals surface area (Å²) in [7, 11) is 0. The van der Waals surface area contributed by atoms with Gasteiger partial charge in [-0.2, -0.15) is 0 Å². The third kappa shape index (κ3) is 57.6. The summed E-state index contributed by atoms with van der Waals surface area (Å²) in [5.74, 6) is -0.913. The molecule has 0 bridgehead atoms. The minimum atomic E-state index is -0.792. The van der Waals surface area contributed by atoms with E-state index >= 15 is 0 Å². The Kier molecular flexibility index (Phi) is 56.8. The molecule has 0 unspecified atom stereocenters. The zero-order valence-electron chi connectivity index (χ0n) is 47.0. The van der Waals surface area contributed by atoms with Gasteiger partial charge < -0.3 is 14.2 Å². The van der Waals surface area contributed by atoms with Gasteiger partial charge >= 0.3 is 17.9 Å². The fourth-order valence-corrected chi connectivity index (χ4v) is 8.64. The molecule has 0 fully saturated rings. The van der Waals surface area contributed by atoms with Crippen LogP contribution in [0, 0.1) is 0 Å². The highest BCUT2D eigenvalue weighted by atomic mass is 16.6. The van der Waals surface area contributed by atoms with Crippen LogP contribution in [-0.4, -0.2) is 37.2 Å². The summed E-state index contributed by atoms with van der Waals surface area (Å²) in [6.45, 7) is 6.50. The molecule has 0 aliphatic carbocycles. The van der Waals surface area contributed by atoms with Crippen LogP contribution in [0.2, 0.25) is 0 Å². The summed E-state index contributed by atoms with van der Waals surface area (Å²) >= 11 is 0. The molecule has 6 nitrogen and oxygen atoms in total. The van der Waals surface area contributed by atoms with Gasteiger partial charge in [-0.1, -0.05) is 267 Å².